The zero-order chi connectivity index (χ0) is 19.9. The van der Waals surface area contributed by atoms with Crippen molar-refractivity contribution in [3.63, 3.8) is 0 Å². The number of thiazole rings is 1. The Hall–Kier alpha value is -2.16. The molecule has 0 aliphatic carbocycles. The molecule has 1 aliphatic heterocycles. The van der Waals surface area contributed by atoms with Gasteiger partial charge in [-0.1, -0.05) is 23.5 Å². The van der Waals surface area contributed by atoms with E-state index in [1.54, 1.807) is 47.0 Å². The zero-order valence-electron chi connectivity index (χ0n) is 16.2. The van der Waals surface area contributed by atoms with Crippen molar-refractivity contribution in [2.24, 2.45) is 0 Å². The number of benzene rings is 2. The molecule has 28 heavy (non-hydrogen) atoms. The number of aryl methyl sites for hydroxylation is 2. The molecule has 148 valence electrons. The Kier molecular flexibility index (Phi) is 5.03. The molecule has 4 rings (SSSR count). The number of ether oxygens (including phenoxy) is 1. The normalized spacial score (nSPS) is 15.9. The van der Waals surface area contributed by atoms with Gasteiger partial charge in [0.25, 0.3) is 0 Å². The molecule has 1 fully saturated rings. The monoisotopic (exact) mass is 417 g/mol. The molecule has 0 spiro atoms. The second-order valence-corrected chi connectivity index (χ2v) is 9.86. The number of nitrogens with zero attached hydrogens (tertiary/aromatic N) is 3. The van der Waals surface area contributed by atoms with Crippen molar-refractivity contribution in [1.82, 2.24) is 9.29 Å². The number of aromatic nitrogens is 1. The molecule has 0 amide bonds. The van der Waals surface area contributed by atoms with Gasteiger partial charge in [-0.15, -0.1) is 0 Å². The van der Waals surface area contributed by atoms with Crippen molar-refractivity contribution in [2.45, 2.75) is 18.7 Å². The molecule has 0 N–H and O–H groups in total. The van der Waals surface area contributed by atoms with Crippen molar-refractivity contribution in [3.05, 3.63) is 47.5 Å². The molecule has 0 bridgehead atoms. The molecule has 1 saturated heterocycles. The van der Waals surface area contributed by atoms with Gasteiger partial charge >= 0.3 is 0 Å². The van der Waals surface area contributed by atoms with Gasteiger partial charge in [0.2, 0.25) is 10.0 Å². The van der Waals surface area contributed by atoms with E-state index in [-0.39, 0.29) is 0 Å². The van der Waals surface area contributed by atoms with E-state index >= 15 is 0 Å². The summed E-state index contributed by atoms with van der Waals surface area (Å²) < 4.78 is 33.7. The van der Waals surface area contributed by atoms with E-state index in [0.717, 1.165) is 10.6 Å². The minimum Gasteiger partial charge on any atom is -0.497 e. The molecule has 0 saturated carbocycles. The fraction of sp³-hybridized carbons (Fsp3) is 0.350. The maximum absolute atomic E-state index is 12.9. The summed E-state index contributed by atoms with van der Waals surface area (Å²) in [6, 6.07) is 10.8. The standard InChI is InChI=1S/C20H23N3O3S2/c1-14-4-5-15(2)19-18(14)21-20(27-19)22-10-12-23(13-11-22)28(24,25)17-8-6-16(26-3)7-9-17/h4-9H,10-13H2,1-3H3. The van der Waals surface area contributed by atoms with Crippen molar-refractivity contribution in [3.8, 4) is 5.75 Å². The van der Waals surface area contributed by atoms with Gasteiger partial charge in [-0.3, -0.25) is 0 Å². The number of hydrogen-bond donors (Lipinski definition) is 0. The van der Waals surface area contributed by atoms with Crippen LogP contribution in [0.1, 0.15) is 11.1 Å². The van der Waals surface area contributed by atoms with Gasteiger partial charge in [0, 0.05) is 26.2 Å². The summed E-state index contributed by atoms with van der Waals surface area (Å²) in [6.45, 7) is 6.33. The Balaban J connectivity index is 1.51. The lowest BCUT2D eigenvalue weighted by Crippen LogP contribution is -2.48. The predicted molar refractivity (Wildman–Crippen MR) is 113 cm³/mol. The number of sulfonamides is 1. The molecule has 0 radical (unpaired) electrons. The quantitative estimate of drug-likeness (QED) is 0.651. The zero-order valence-corrected chi connectivity index (χ0v) is 17.8. The smallest absolute Gasteiger partial charge is 0.243 e. The average Bonchev–Trinajstić information content (AvgIpc) is 3.18. The molecule has 6 nitrogen and oxygen atoms in total. The van der Waals surface area contributed by atoms with Crippen LogP contribution in [0.2, 0.25) is 0 Å². The van der Waals surface area contributed by atoms with Crippen LogP contribution >= 0.6 is 11.3 Å². The summed E-state index contributed by atoms with van der Waals surface area (Å²) >= 11 is 1.69. The second kappa shape index (κ2) is 7.35. The topological polar surface area (TPSA) is 62.7 Å². The van der Waals surface area contributed by atoms with Crippen LogP contribution in [0.4, 0.5) is 5.13 Å². The van der Waals surface area contributed by atoms with Crippen molar-refractivity contribution >= 4 is 36.7 Å². The highest BCUT2D eigenvalue weighted by molar-refractivity contribution is 7.89. The Morgan fingerprint density at radius 2 is 1.61 bits per heavy atom. The summed E-state index contributed by atoms with van der Waals surface area (Å²) in [5.74, 6) is 0.644. The minimum atomic E-state index is -3.50. The number of piperazine rings is 1. The second-order valence-electron chi connectivity index (χ2n) is 6.94. The lowest BCUT2D eigenvalue weighted by Gasteiger charge is -2.33. The third kappa shape index (κ3) is 3.36. The lowest BCUT2D eigenvalue weighted by molar-refractivity contribution is 0.384. The van der Waals surface area contributed by atoms with Crippen LogP contribution in [0.15, 0.2) is 41.3 Å². The largest absolute Gasteiger partial charge is 0.497 e. The minimum absolute atomic E-state index is 0.299. The molecule has 2 heterocycles. The molecule has 1 aromatic heterocycles. The Bertz CT molecular complexity index is 1060. The SMILES string of the molecule is COc1ccc(S(=O)(=O)N2CCN(c3nc4c(C)ccc(C)c4s3)CC2)cc1. The van der Waals surface area contributed by atoms with Crippen LogP contribution in [-0.4, -0.2) is 51.0 Å². The summed E-state index contributed by atoms with van der Waals surface area (Å²) in [5, 5.41) is 0.967. The van der Waals surface area contributed by atoms with Crippen LogP contribution in [0.25, 0.3) is 10.2 Å². The summed E-state index contributed by atoms with van der Waals surface area (Å²) in [4.78, 5) is 7.31. The first kappa shape index (κ1) is 19.2. The molecule has 2 aromatic carbocycles. The Morgan fingerprint density at radius 3 is 2.21 bits per heavy atom. The summed E-state index contributed by atoms with van der Waals surface area (Å²) in [5.41, 5.74) is 3.45. The van der Waals surface area contributed by atoms with Gasteiger partial charge in [0.1, 0.15) is 5.75 Å². The maximum atomic E-state index is 12.9. The Labute approximate surface area is 169 Å². The predicted octanol–water partition coefficient (Wildman–Crippen LogP) is 3.43. The first-order valence-electron chi connectivity index (χ1n) is 9.16. The third-order valence-electron chi connectivity index (χ3n) is 5.14. The van der Waals surface area contributed by atoms with Crippen molar-refractivity contribution < 1.29 is 13.2 Å². The van der Waals surface area contributed by atoms with Crippen LogP contribution < -0.4 is 9.64 Å². The number of hydrogen-bond acceptors (Lipinski definition) is 6. The third-order valence-corrected chi connectivity index (χ3v) is 8.30. The number of anilines is 1. The van der Waals surface area contributed by atoms with Crippen molar-refractivity contribution in [2.75, 3.05) is 38.2 Å². The fourth-order valence-electron chi connectivity index (χ4n) is 3.40. The first-order chi connectivity index (χ1) is 13.4. The Morgan fingerprint density at radius 1 is 0.964 bits per heavy atom. The molecular formula is C20H23N3O3S2. The molecule has 0 atom stereocenters. The lowest BCUT2D eigenvalue weighted by atomic mass is 10.1. The summed E-state index contributed by atoms with van der Waals surface area (Å²) in [7, 11) is -1.93. The van der Waals surface area contributed by atoms with E-state index < -0.39 is 10.0 Å². The van der Waals surface area contributed by atoms with E-state index in [9.17, 15) is 8.42 Å². The van der Waals surface area contributed by atoms with Crippen LogP contribution in [-0.2, 0) is 10.0 Å². The number of methoxy groups -OCH3 is 1. The highest BCUT2D eigenvalue weighted by Gasteiger charge is 2.29. The number of fused-ring (bicyclic) bond motifs is 1. The van der Waals surface area contributed by atoms with E-state index in [1.807, 2.05) is 0 Å². The van der Waals surface area contributed by atoms with Gasteiger partial charge in [-0.2, -0.15) is 4.31 Å². The highest BCUT2D eigenvalue weighted by atomic mass is 32.2. The van der Waals surface area contributed by atoms with Gasteiger partial charge in [0.05, 0.1) is 22.2 Å². The molecule has 3 aromatic rings. The van der Waals surface area contributed by atoms with E-state index in [1.165, 1.54) is 15.8 Å². The van der Waals surface area contributed by atoms with Crippen LogP contribution in [0.5, 0.6) is 5.75 Å². The van der Waals surface area contributed by atoms with Gasteiger partial charge < -0.3 is 9.64 Å². The van der Waals surface area contributed by atoms with E-state index in [0.29, 0.717) is 36.8 Å². The van der Waals surface area contributed by atoms with E-state index in [4.69, 9.17) is 9.72 Å². The van der Waals surface area contributed by atoms with Crippen LogP contribution in [0.3, 0.4) is 0 Å². The van der Waals surface area contributed by atoms with Gasteiger partial charge in [-0.25, -0.2) is 13.4 Å². The molecule has 0 unspecified atom stereocenters. The molecular weight excluding hydrogens is 394 g/mol. The molecule has 8 heteroatoms. The van der Waals surface area contributed by atoms with Gasteiger partial charge in [0.15, 0.2) is 5.13 Å². The fourth-order valence-corrected chi connectivity index (χ4v) is 5.99. The first-order valence-corrected chi connectivity index (χ1v) is 11.4. The van der Waals surface area contributed by atoms with Gasteiger partial charge in [-0.05, 0) is 49.2 Å². The van der Waals surface area contributed by atoms with E-state index in [2.05, 4.69) is 30.9 Å². The van der Waals surface area contributed by atoms with Crippen LogP contribution in [0, 0.1) is 13.8 Å². The maximum Gasteiger partial charge on any atom is 0.243 e. The highest BCUT2D eigenvalue weighted by Crippen LogP contribution is 2.33. The molecule has 1 aliphatic rings. The number of rotatable bonds is 4. The van der Waals surface area contributed by atoms with Crippen molar-refractivity contribution in [1.29, 1.82) is 0 Å². The summed E-state index contributed by atoms with van der Waals surface area (Å²) in [6.07, 6.45) is 0. The average molecular weight is 418 g/mol.